The van der Waals surface area contributed by atoms with Crippen molar-refractivity contribution in [2.75, 3.05) is 13.7 Å². The molecule has 0 saturated heterocycles. The molecule has 0 bridgehead atoms. The van der Waals surface area contributed by atoms with Gasteiger partial charge in [-0.15, -0.1) is 0 Å². The molecule has 5 nitrogen and oxygen atoms in total. The molecule has 0 saturated carbocycles. The van der Waals surface area contributed by atoms with Crippen LogP contribution in [0.2, 0.25) is 0 Å². The summed E-state index contributed by atoms with van der Waals surface area (Å²) in [5, 5.41) is 10.9. The van der Waals surface area contributed by atoms with Gasteiger partial charge in [-0.2, -0.15) is 0 Å². The maximum atomic E-state index is 10.9. The Morgan fingerprint density at radius 1 is 1.50 bits per heavy atom. The molecule has 1 aromatic carbocycles. The molecule has 0 aliphatic carbocycles. The number of hydrogen-bond acceptors (Lipinski definition) is 4. The average Bonchev–Trinajstić information content (AvgIpc) is 2.38. The fraction of sp³-hybridized carbons (Fsp3) is 0.538. The Morgan fingerprint density at radius 2 is 2.17 bits per heavy atom. The summed E-state index contributed by atoms with van der Waals surface area (Å²) < 4.78 is 4.98. The zero-order valence-electron chi connectivity index (χ0n) is 11.1. The van der Waals surface area contributed by atoms with Crippen LogP contribution >= 0.6 is 0 Å². The van der Waals surface area contributed by atoms with Gasteiger partial charge in [0.15, 0.2) is 5.75 Å². The zero-order chi connectivity index (χ0) is 13.8. The number of ether oxygens (including phenoxy) is 1. The third-order valence-electron chi connectivity index (χ3n) is 3.42. The number of nitrogens with two attached hydrogens (primary N) is 1. The quantitative estimate of drug-likeness (QED) is 0.623. The fourth-order valence-corrected chi connectivity index (χ4v) is 1.82. The van der Waals surface area contributed by atoms with E-state index in [1.165, 1.54) is 7.11 Å². The van der Waals surface area contributed by atoms with E-state index in [4.69, 9.17) is 10.5 Å². The van der Waals surface area contributed by atoms with Crippen LogP contribution in [-0.2, 0) is 6.42 Å². The summed E-state index contributed by atoms with van der Waals surface area (Å²) in [5.41, 5.74) is 6.65. The van der Waals surface area contributed by atoms with Crippen molar-refractivity contribution in [1.82, 2.24) is 0 Å². The Morgan fingerprint density at radius 3 is 2.61 bits per heavy atom. The highest BCUT2D eigenvalue weighted by molar-refractivity contribution is 5.48. The molecule has 0 radical (unpaired) electrons. The van der Waals surface area contributed by atoms with Crippen molar-refractivity contribution < 1.29 is 9.66 Å². The normalized spacial score (nSPS) is 14.0. The molecule has 0 fully saturated rings. The molecule has 0 spiro atoms. The molecule has 18 heavy (non-hydrogen) atoms. The third-order valence-corrected chi connectivity index (χ3v) is 3.42. The van der Waals surface area contributed by atoms with Crippen molar-refractivity contribution in [3.8, 4) is 5.75 Å². The van der Waals surface area contributed by atoms with Crippen LogP contribution < -0.4 is 10.5 Å². The van der Waals surface area contributed by atoms with Gasteiger partial charge < -0.3 is 10.5 Å². The van der Waals surface area contributed by atoms with Gasteiger partial charge in [0.2, 0.25) is 0 Å². The SMILES string of the molecule is CCC(C)(CN)Cc1ccc(OC)c([N+](=O)[O-])c1. The van der Waals surface area contributed by atoms with Crippen LogP contribution in [0.25, 0.3) is 0 Å². The molecule has 100 valence electrons. The van der Waals surface area contributed by atoms with E-state index in [1.54, 1.807) is 12.1 Å². The summed E-state index contributed by atoms with van der Waals surface area (Å²) in [6.07, 6.45) is 1.66. The van der Waals surface area contributed by atoms with E-state index in [0.29, 0.717) is 6.54 Å². The van der Waals surface area contributed by atoms with Crippen LogP contribution in [0.4, 0.5) is 5.69 Å². The maximum absolute atomic E-state index is 10.9. The predicted octanol–water partition coefficient (Wildman–Crippen LogP) is 2.52. The van der Waals surface area contributed by atoms with Gasteiger partial charge in [-0.05, 0) is 36.4 Å². The molecule has 0 heterocycles. The summed E-state index contributed by atoms with van der Waals surface area (Å²) in [5.74, 6) is 0.287. The van der Waals surface area contributed by atoms with E-state index in [9.17, 15) is 10.1 Å². The molecule has 0 aromatic heterocycles. The second-order valence-corrected chi connectivity index (χ2v) is 4.81. The van der Waals surface area contributed by atoms with Gasteiger partial charge in [0.1, 0.15) is 0 Å². The zero-order valence-corrected chi connectivity index (χ0v) is 11.1. The molecule has 0 aliphatic rings. The number of nitro benzene ring substituents is 1. The highest BCUT2D eigenvalue weighted by atomic mass is 16.6. The minimum absolute atomic E-state index is 0.00507. The van der Waals surface area contributed by atoms with Crippen molar-refractivity contribution in [2.45, 2.75) is 26.7 Å². The number of rotatable bonds is 6. The Labute approximate surface area is 107 Å². The molecule has 1 aromatic rings. The molecule has 1 atom stereocenters. The lowest BCUT2D eigenvalue weighted by atomic mass is 9.81. The first-order valence-corrected chi connectivity index (χ1v) is 5.97. The summed E-state index contributed by atoms with van der Waals surface area (Å²) >= 11 is 0. The molecular formula is C13H20N2O3. The van der Waals surface area contributed by atoms with Crippen LogP contribution in [0, 0.1) is 15.5 Å². The molecular weight excluding hydrogens is 232 g/mol. The molecule has 2 N–H and O–H groups in total. The van der Waals surface area contributed by atoms with Crippen LogP contribution in [0.1, 0.15) is 25.8 Å². The van der Waals surface area contributed by atoms with Gasteiger partial charge in [0, 0.05) is 6.07 Å². The van der Waals surface area contributed by atoms with Gasteiger partial charge >= 0.3 is 5.69 Å². The Bertz CT molecular complexity index is 428. The summed E-state index contributed by atoms with van der Waals surface area (Å²) in [4.78, 5) is 10.5. The number of hydrogen-bond donors (Lipinski definition) is 1. The lowest BCUT2D eigenvalue weighted by molar-refractivity contribution is -0.385. The molecule has 0 aliphatic heterocycles. The third kappa shape index (κ3) is 3.20. The van der Waals surface area contributed by atoms with E-state index in [2.05, 4.69) is 13.8 Å². The molecule has 1 rings (SSSR count). The highest BCUT2D eigenvalue weighted by Crippen LogP contribution is 2.31. The largest absolute Gasteiger partial charge is 0.490 e. The lowest BCUT2D eigenvalue weighted by Gasteiger charge is -2.26. The highest BCUT2D eigenvalue weighted by Gasteiger charge is 2.23. The van der Waals surface area contributed by atoms with Crippen molar-refractivity contribution in [3.63, 3.8) is 0 Å². The number of methoxy groups -OCH3 is 1. The first-order chi connectivity index (χ1) is 8.45. The first kappa shape index (κ1) is 14.4. The topological polar surface area (TPSA) is 78.4 Å². The first-order valence-electron chi connectivity index (χ1n) is 5.97. The number of nitro groups is 1. The number of benzene rings is 1. The van der Waals surface area contributed by atoms with Crippen LogP contribution in [0.3, 0.4) is 0 Å². The summed E-state index contributed by atoms with van der Waals surface area (Å²) in [7, 11) is 1.43. The Hall–Kier alpha value is -1.62. The van der Waals surface area contributed by atoms with Gasteiger partial charge in [0.25, 0.3) is 0 Å². The van der Waals surface area contributed by atoms with Crippen molar-refractivity contribution >= 4 is 5.69 Å². The lowest BCUT2D eigenvalue weighted by Crippen LogP contribution is -2.28. The predicted molar refractivity (Wildman–Crippen MR) is 70.8 cm³/mol. The Kier molecular flexibility index (Phi) is 4.67. The van der Waals surface area contributed by atoms with E-state index in [1.807, 2.05) is 6.07 Å². The fourth-order valence-electron chi connectivity index (χ4n) is 1.82. The Balaban J connectivity index is 3.05. The van der Waals surface area contributed by atoms with Gasteiger partial charge in [-0.1, -0.05) is 19.9 Å². The minimum atomic E-state index is -0.423. The van der Waals surface area contributed by atoms with Crippen LogP contribution in [0.5, 0.6) is 5.75 Å². The van der Waals surface area contributed by atoms with Crippen molar-refractivity contribution in [3.05, 3.63) is 33.9 Å². The van der Waals surface area contributed by atoms with E-state index in [0.717, 1.165) is 18.4 Å². The average molecular weight is 252 g/mol. The molecule has 1 unspecified atom stereocenters. The van der Waals surface area contributed by atoms with Gasteiger partial charge in [-0.25, -0.2) is 0 Å². The number of nitrogens with zero attached hydrogens (tertiary/aromatic N) is 1. The molecule has 0 amide bonds. The maximum Gasteiger partial charge on any atom is 0.311 e. The summed E-state index contributed by atoms with van der Waals surface area (Å²) in [6.45, 7) is 4.72. The summed E-state index contributed by atoms with van der Waals surface area (Å²) in [6, 6.07) is 5.07. The van der Waals surface area contributed by atoms with Crippen molar-refractivity contribution in [1.29, 1.82) is 0 Å². The van der Waals surface area contributed by atoms with Gasteiger partial charge in [-0.3, -0.25) is 10.1 Å². The van der Waals surface area contributed by atoms with E-state index in [-0.39, 0.29) is 16.9 Å². The smallest absolute Gasteiger partial charge is 0.311 e. The van der Waals surface area contributed by atoms with E-state index < -0.39 is 4.92 Å². The minimum Gasteiger partial charge on any atom is -0.490 e. The van der Waals surface area contributed by atoms with Gasteiger partial charge in [0.05, 0.1) is 12.0 Å². The van der Waals surface area contributed by atoms with Crippen LogP contribution in [-0.4, -0.2) is 18.6 Å². The second kappa shape index (κ2) is 5.82. The standard InChI is InChI=1S/C13H20N2O3/c1-4-13(2,9-14)8-10-5-6-12(18-3)11(7-10)15(16)17/h5-7H,4,8-9,14H2,1-3H3. The van der Waals surface area contributed by atoms with Crippen LogP contribution in [0.15, 0.2) is 18.2 Å². The second-order valence-electron chi connectivity index (χ2n) is 4.81. The molecule has 5 heteroatoms. The monoisotopic (exact) mass is 252 g/mol. The van der Waals surface area contributed by atoms with Crippen molar-refractivity contribution in [2.24, 2.45) is 11.1 Å². The van der Waals surface area contributed by atoms with E-state index >= 15 is 0 Å².